The van der Waals surface area contributed by atoms with Gasteiger partial charge in [0.25, 0.3) is 0 Å². The number of amides is 1. The molecule has 0 saturated carbocycles. The fraction of sp³-hybridized carbons (Fsp3) is 0.562. The van der Waals surface area contributed by atoms with Crippen LogP contribution < -0.4 is 10.2 Å². The van der Waals surface area contributed by atoms with E-state index in [0.717, 1.165) is 25.1 Å². The summed E-state index contributed by atoms with van der Waals surface area (Å²) in [6.07, 6.45) is 1.88. The molecule has 0 aromatic heterocycles. The molecule has 4 heteroatoms. The first-order chi connectivity index (χ1) is 8.97. The van der Waals surface area contributed by atoms with E-state index in [1.165, 1.54) is 11.1 Å². The molecule has 3 nitrogen and oxygen atoms in total. The average molecular weight is 297 g/mol. The van der Waals surface area contributed by atoms with Crippen molar-refractivity contribution in [2.45, 2.75) is 39.7 Å². The van der Waals surface area contributed by atoms with Crippen LogP contribution in [0.4, 0.5) is 5.69 Å². The van der Waals surface area contributed by atoms with Gasteiger partial charge >= 0.3 is 0 Å². The molecule has 1 heterocycles. The van der Waals surface area contributed by atoms with Gasteiger partial charge in [-0.2, -0.15) is 0 Å². The lowest BCUT2D eigenvalue weighted by atomic mass is 9.92. The van der Waals surface area contributed by atoms with Crippen LogP contribution in [0.25, 0.3) is 0 Å². The number of benzene rings is 1. The predicted octanol–water partition coefficient (Wildman–Crippen LogP) is 3.08. The van der Waals surface area contributed by atoms with Gasteiger partial charge < -0.3 is 10.2 Å². The summed E-state index contributed by atoms with van der Waals surface area (Å²) in [6, 6.07) is 6.73. The third-order valence-corrected chi connectivity index (χ3v) is 3.90. The molecule has 1 aliphatic rings. The van der Waals surface area contributed by atoms with E-state index in [1.807, 2.05) is 11.9 Å². The zero-order chi connectivity index (χ0) is 14.0. The Hall–Kier alpha value is -1.06. The van der Waals surface area contributed by atoms with Gasteiger partial charge in [-0.25, -0.2) is 0 Å². The molecule has 0 aliphatic carbocycles. The van der Waals surface area contributed by atoms with Gasteiger partial charge in [-0.1, -0.05) is 6.07 Å². The summed E-state index contributed by atoms with van der Waals surface area (Å²) in [5, 5.41) is 3.39. The standard InChI is InChI=1S/C16H24N2O.ClH/c1-11-7-12(2)9-15(8-11)18(4)16(19)14-5-6-17-13(3)10-14;/h7-9,13-14,17H,5-6,10H2,1-4H3;1H/t13-,14-;/m0./s1. The average Bonchev–Trinajstić information content (AvgIpc) is 2.36. The maximum Gasteiger partial charge on any atom is 0.229 e. The summed E-state index contributed by atoms with van der Waals surface area (Å²) < 4.78 is 0. The molecule has 20 heavy (non-hydrogen) atoms. The highest BCUT2D eigenvalue weighted by molar-refractivity contribution is 5.94. The second-order valence-corrected chi connectivity index (χ2v) is 5.82. The van der Waals surface area contributed by atoms with Gasteiger partial charge in [0.05, 0.1) is 0 Å². The highest BCUT2D eigenvalue weighted by atomic mass is 35.5. The smallest absolute Gasteiger partial charge is 0.229 e. The van der Waals surface area contributed by atoms with E-state index in [0.29, 0.717) is 6.04 Å². The molecule has 0 bridgehead atoms. The van der Waals surface area contributed by atoms with Gasteiger partial charge in [0.2, 0.25) is 5.91 Å². The van der Waals surface area contributed by atoms with Crippen LogP contribution in [0.5, 0.6) is 0 Å². The number of aryl methyl sites for hydroxylation is 2. The molecule has 2 atom stereocenters. The second kappa shape index (κ2) is 7.09. The quantitative estimate of drug-likeness (QED) is 0.909. The van der Waals surface area contributed by atoms with Crippen molar-refractivity contribution in [2.24, 2.45) is 5.92 Å². The van der Waals surface area contributed by atoms with Crippen molar-refractivity contribution in [1.29, 1.82) is 0 Å². The minimum absolute atomic E-state index is 0. The van der Waals surface area contributed by atoms with E-state index >= 15 is 0 Å². The van der Waals surface area contributed by atoms with Gasteiger partial charge in [0.15, 0.2) is 0 Å². The Labute approximate surface area is 128 Å². The molecular formula is C16H25ClN2O. The summed E-state index contributed by atoms with van der Waals surface area (Å²) in [5.74, 6) is 0.403. The summed E-state index contributed by atoms with van der Waals surface area (Å²) in [7, 11) is 1.89. The first-order valence-electron chi connectivity index (χ1n) is 7.06. The molecule has 1 N–H and O–H groups in total. The number of carbonyl (C=O) groups excluding carboxylic acids is 1. The minimum atomic E-state index is 0. The summed E-state index contributed by atoms with van der Waals surface area (Å²) >= 11 is 0. The Morgan fingerprint density at radius 1 is 1.25 bits per heavy atom. The lowest BCUT2D eigenvalue weighted by Crippen LogP contribution is -2.43. The van der Waals surface area contributed by atoms with Crippen LogP contribution in [0.2, 0.25) is 0 Å². The maximum absolute atomic E-state index is 12.6. The van der Waals surface area contributed by atoms with Gasteiger partial charge in [-0.15, -0.1) is 12.4 Å². The molecule has 1 saturated heterocycles. The van der Waals surface area contributed by atoms with Crippen molar-refractivity contribution in [3.63, 3.8) is 0 Å². The Bertz CT molecular complexity index is 455. The number of hydrogen-bond acceptors (Lipinski definition) is 2. The predicted molar refractivity (Wildman–Crippen MR) is 86.8 cm³/mol. The van der Waals surface area contributed by atoms with Crippen molar-refractivity contribution in [3.8, 4) is 0 Å². The van der Waals surface area contributed by atoms with Crippen LogP contribution in [-0.4, -0.2) is 25.5 Å². The molecule has 0 radical (unpaired) electrons. The number of carbonyl (C=O) groups is 1. The van der Waals surface area contributed by atoms with Crippen LogP contribution in [0, 0.1) is 19.8 Å². The molecule has 1 fully saturated rings. The fourth-order valence-electron chi connectivity index (χ4n) is 2.90. The Kier molecular flexibility index (Phi) is 6.03. The zero-order valence-corrected chi connectivity index (χ0v) is 13.6. The molecule has 1 aromatic rings. The largest absolute Gasteiger partial charge is 0.315 e. The number of halogens is 1. The minimum Gasteiger partial charge on any atom is -0.315 e. The second-order valence-electron chi connectivity index (χ2n) is 5.82. The number of nitrogens with one attached hydrogen (secondary N) is 1. The van der Waals surface area contributed by atoms with Gasteiger partial charge in [0.1, 0.15) is 0 Å². The third kappa shape index (κ3) is 3.97. The van der Waals surface area contributed by atoms with E-state index in [4.69, 9.17) is 0 Å². The summed E-state index contributed by atoms with van der Waals surface area (Å²) in [4.78, 5) is 14.4. The van der Waals surface area contributed by atoms with E-state index in [2.05, 4.69) is 44.3 Å². The Balaban J connectivity index is 0.00000200. The first-order valence-corrected chi connectivity index (χ1v) is 7.06. The Morgan fingerprint density at radius 3 is 2.40 bits per heavy atom. The number of nitrogens with zero attached hydrogens (tertiary/aromatic N) is 1. The molecule has 112 valence electrons. The first kappa shape index (κ1) is 17.0. The van der Waals surface area contributed by atoms with Crippen molar-refractivity contribution in [1.82, 2.24) is 5.32 Å². The van der Waals surface area contributed by atoms with Crippen molar-refractivity contribution < 1.29 is 4.79 Å². The fourth-order valence-corrected chi connectivity index (χ4v) is 2.90. The SMILES string of the molecule is Cc1cc(C)cc(N(C)C(=O)[C@H]2CCN[C@@H](C)C2)c1.Cl. The van der Waals surface area contributed by atoms with Crippen LogP contribution in [0.3, 0.4) is 0 Å². The molecule has 0 spiro atoms. The number of anilines is 1. The lowest BCUT2D eigenvalue weighted by molar-refractivity contribution is -0.123. The normalized spacial score (nSPS) is 22.0. The van der Waals surface area contributed by atoms with Crippen molar-refractivity contribution in [3.05, 3.63) is 29.3 Å². The van der Waals surface area contributed by atoms with Crippen LogP contribution in [-0.2, 0) is 4.79 Å². The zero-order valence-electron chi connectivity index (χ0n) is 12.8. The number of hydrogen-bond donors (Lipinski definition) is 1. The highest BCUT2D eigenvalue weighted by Gasteiger charge is 2.27. The van der Waals surface area contributed by atoms with Crippen LogP contribution >= 0.6 is 12.4 Å². The van der Waals surface area contributed by atoms with Gasteiger partial charge in [-0.05, 0) is 63.4 Å². The molecular weight excluding hydrogens is 272 g/mol. The number of rotatable bonds is 2. The number of piperidine rings is 1. The van der Waals surface area contributed by atoms with Crippen molar-refractivity contribution in [2.75, 3.05) is 18.5 Å². The maximum atomic E-state index is 12.6. The molecule has 0 unspecified atom stereocenters. The van der Waals surface area contributed by atoms with E-state index in [-0.39, 0.29) is 24.2 Å². The van der Waals surface area contributed by atoms with E-state index < -0.39 is 0 Å². The Morgan fingerprint density at radius 2 is 1.85 bits per heavy atom. The molecule has 2 rings (SSSR count). The van der Waals surface area contributed by atoms with Gasteiger partial charge in [-0.3, -0.25) is 4.79 Å². The summed E-state index contributed by atoms with van der Waals surface area (Å²) in [6.45, 7) is 7.23. The van der Waals surface area contributed by atoms with E-state index in [9.17, 15) is 4.79 Å². The lowest BCUT2D eigenvalue weighted by Gasteiger charge is -2.30. The van der Waals surface area contributed by atoms with Crippen LogP contribution in [0.1, 0.15) is 30.9 Å². The molecule has 1 aliphatic heterocycles. The van der Waals surface area contributed by atoms with Gasteiger partial charge in [0, 0.05) is 24.7 Å². The van der Waals surface area contributed by atoms with Crippen LogP contribution in [0.15, 0.2) is 18.2 Å². The summed E-state index contributed by atoms with van der Waals surface area (Å²) in [5.41, 5.74) is 3.41. The van der Waals surface area contributed by atoms with Crippen molar-refractivity contribution >= 4 is 24.0 Å². The third-order valence-electron chi connectivity index (χ3n) is 3.90. The monoisotopic (exact) mass is 296 g/mol. The molecule has 1 aromatic carbocycles. The highest BCUT2D eigenvalue weighted by Crippen LogP contribution is 2.23. The van der Waals surface area contributed by atoms with E-state index in [1.54, 1.807) is 0 Å². The molecule has 1 amide bonds. The topological polar surface area (TPSA) is 32.3 Å².